The summed E-state index contributed by atoms with van der Waals surface area (Å²) in [5.41, 5.74) is 18.1. The Hall–Kier alpha value is -12.0. The van der Waals surface area contributed by atoms with E-state index in [9.17, 15) is 14.4 Å². The summed E-state index contributed by atoms with van der Waals surface area (Å²) in [7, 11) is 0. The number of fused-ring (bicyclic) bond motifs is 6. The molecule has 0 aliphatic heterocycles. The van der Waals surface area contributed by atoms with Gasteiger partial charge in [-0.3, -0.25) is 14.4 Å². The molecule has 0 heterocycles. The molecule has 105 heavy (non-hydrogen) atoms. The van der Waals surface area contributed by atoms with Crippen LogP contribution in [0.1, 0.15) is 47.8 Å². The number of ketones is 3. The fourth-order valence-electron chi connectivity index (χ4n) is 14.8. The SMILES string of the molecule is O=C(c1ccc(Br)cc1)c1ccc(-c2c3ccccc3c(-c3ccccc3)c3ccccc23)cc1.O=C(c1ccc(Br)cc1)c1ccc2c(-c3ccccc3)c3ccccc3c(-c3ccccc3)c2c1.O=C(c1cccc(Br)c1)c1cccc(-c2c3ccccc3c(-c3ccccc3)c3ccccc23)c1. The van der Waals surface area contributed by atoms with E-state index in [0.29, 0.717) is 33.4 Å². The summed E-state index contributed by atoms with van der Waals surface area (Å²) < 4.78 is 2.81. The average Bonchev–Trinajstić information content (AvgIpc) is 0.736. The number of hydrogen-bond donors (Lipinski definition) is 0. The standard InChI is InChI=1S/3C33H21BrO/c34-26-18-15-24(16-19-26)33(35)25-17-20-29-30(21-25)32(23-11-5-2-6-12-23)28-14-8-7-13-27(28)31(29)22-9-3-1-4-10-22;34-26-15-9-14-25(21-26)33(35)24-13-8-12-23(20-24)32-29-18-6-4-16-27(29)31(22-10-2-1-3-11-22)28-17-5-7-19-30(28)32;34-26-20-18-25(19-21-26)33(35)24-16-14-23(15-17-24)32-29-12-6-4-10-27(29)31(22-8-2-1-3-9-22)28-11-5-7-13-30(28)32/h3*1-21H. The van der Waals surface area contributed by atoms with Crippen LogP contribution < -0.4 is 0 Å². The predicted molar refractivity (Wildman–Crippen MR) is 450 cm³/mol. The first-order valence-corrected chi connectivity index (χ1v) is 37.2. The van der Waals surface area contributed by atoms with E-state index in [2.05, 4.69) is 309 Å². The van der Waals surface area contributed by atoms with Crippen molar-refractivity contribution >= 4 is 130 Å². The van der Waals surface area contributed by atoms with Gasteiger partial charge in [-0.1, -0.05) is 357 Å². The van der Waals surface area contributed by atoms with E-state index in [1.54, 1.807) is 0 Å². The summed E-state index contributed by atoms with van der Waals surface area (Å²) in [5, 5.41) is 14.2. The van der Waals surface area contributed by atoms with Crippen LogP contribution in [-0.4, -0.2) is 17.3 Å². The summed E-state index contributed by atoms with van der Waals surface area (Å²) in [6.45, 7) is 0. The van der Waals surface area contributed by atoms with Crippen molar-refractivity contribution in [2.75, 3.05) is 0 Å². The van der Waals surface area contributed by atoms with Crippen LogP contribution in [0.2, 0.25) is 0 Å². The van der Waals surface area contributed by atoms with Gasteiger partial charge in [0, 0.05) is 46.8 Å². The maximum atomic E-state index is 13.5. The van der Waals surface area contributed by atoms with Crippen molar-refractivity contribution < 1.29 is 14.4 Å². The van der Waals surface area contributed by atoms with Gasteiger partial charge in [0.05, 0.1) is 0 Å². The smallest absolute Gasteiger partial charge is 0.193 e. The van der Waals surface area contributed by atoms with Crippen molar-refractivity contribution in [1.29, 1.82) is 0 Å². The highest BCUT2D eigenvalue weighted by Gasteiger charge is 2.23. The second kappa shape index (κ2) is 30.1. The van der Waals surface area contributed by atoms with E-state index in [-0.39, 0.29) is 17.3 Å². The van der Waals surface area contributed by atoms with E-state index in [1.807, 2.05) is 121 Å². The topological polar surface area (TPSA) is 51.2 Å². The van der Waals surface area contributed by atoms with Crippen LogP contribution in [0, 0.1) is 0 Å². The minimum absolute atomic E-state index is 0.0164. The summed E-state index contributed by atoms with van der Waals surface area (Å²) in [4.78, 5) is 39.8. The molecule has 0 aliphatic carbocycles. The Morgan fingerprint density at radius 2 is 0.381 bits per heavy atom. The second-order valence-corrected chi connectivity index (χ2v) is 28.6. The van der Waals surface area contributed by atoms with Crippen molar-refractivity contribution in [2.45, 2.75) is 0 Å². The molecule has 18 aromatic carbocycles. The zero-order valence-corrected chi connectivity index (χ0v) is 61.5. The van der Waals surface area contributed by atoms with Gasteiger partial charge in [0.25, 0.3) is 0 Å². The molecule has 0 fully saturated rings. The Morgan fingerprint density at radius 3 is 0.724 bits per heavy atom. The maximum Gasteiger partial charge on any atom is 0.193 e. The van der Waals surface area contributed by atoms with Crippen LogP contribution in [-0.2, 0) is 0 Å². The largest absolute Gasteiger partial charge is 0.289 e. The van der Waals surface area contributed by atoms with Crippen LogP contribution in [0.4, 0.5) is 0 Å². The Morgan fingerprint density at radius 1 is 0.152 bits per heavy atom. The molecule has 0 saturated heterocycles. The molecular weight excluding hydrogens is 1480 g/mol. The van der Waals surface area contributed by atoms with Gasteiger partial charge in [-0.25, -0.2) is 0 Å². The van der Waals surface area contributed by atoms with Crippen molar-refractivity contribution in [2.24, 2.45) is 0 Å². The van der Waals surface area contributed by atoms with E-state index < -0.39 is 0 Å². The quantitative estimate of drug-likeness (QED) is 0.0905. The number of rotatable bonds is 12. The third-order valence-electron chi connectivity index (χ3n) is 19.5. The minimum atomic E-state index is 0.0164. The van der Waals surface area contributed by atoms with Gasteiger partial charge >= 0.3 is 0 Å². The van der Waals surface area contributed by atoms with E-state index in [0.717, 1.165) is 52.0 Å². The first kappa shape index (κ1) is 67.5. The normalized spacial score (nSPS) is 11.1. The van der Waals surface area contributed by atoms with E-state index in [4.69, 9.17) is 0 Å². The number of benzene rings is 18. The molecule has 0 N–H and O–H groups in total. The van der Waals surface area contributed by atoms with E-state index in [1.165, 1.54) is 92.8 Å². The van der Waals surface area contributed by atoms with Crippen molar-refractivity contribution in [3.8, 4) is 66.8 Å². The van der Waals surface area contributed by atoms with Gasteiger partial charge in [0.15, 0.2) is 17.3 Å². The van der Waals surface area contributed by atoms with Gasteiger partial charge in [0.1, 0.15) is 0 Å². The Kier molecular flexibility index (Phi) is 19.3. The molecule has 18 aromatic rings. The average molecular weight is 1540 g/mol. The van der Waals surface area contributed by atoms with Crippen molar-refractivity contribution in [1.82, 2.24) is 0 Å². The first-order chi connectivity index (χ1) is 51.6. The lowest BCUT2D eigenvalue weighted by Gasteiger charge is -2.18. The van der Waals surface area contributed by atoms with Gasteiger partial charge in [-0.2, -0.15) is 0 Å². The summed E-state index contributed by atoms with van der Waals surface area (Å²) >= 11 is 10.4. The molecule has 18 rings (SSSR count). The van der Waals surface area contributed by atoms with Crippen LogP contribution in [0.25, 0.3) is 131 Å². The molecule has 0 unspecified atom stereocenters. The summed E-state index contributed by atoms with van der Waals surface area (Å²) in [5.74, 6) is 0.0636. The molecule has 0 saturated carbocycles. The highest BCUT2D eigenvalue weighted by atomic mass is 79.9. The zero-order chi connectivity index (χ0) is 71.3. The van der Waals surface area contributed by atoms with Gasteiger partial charge in [-0.05, 0) is 204 Å². The van der Waals surface area contributed by atoms with E-state index >= 15 is 0 Å². The molecule has 3 nitrogen and oxygen atoms in total. The van der Waals surface area contributed by atoms with Crippen LogP contribution in [0.5, 0.6) is 0 Å². The second-order valence-electron chi connectivity index (χ2n) is 25.9. The lowest BCUT2D eigenvalue weighted by Crippen LogP contribution is -2.01. The molecule has 498 valence electrons. The molecule has 0 aliphatic rings. The fourth-order valence-corrected chi connectivity index (χ4v) is 15.7. The van der Waals surface area contributed by atoms with Crippen LogP contribution in [0.15, 0.2) is 396 Å². The monoisotopic (exact) mass is 1540 g/mol. The molecule has 0 spiro atoms. The molecule has 0 bridgehead atoms. The Balaban J connectivity index is 0.000000121. The van der Waals surface area contributed by atoms with Crippen molar-refractivity contribution in [3.05, 3.63) is 429 Å². The molecule has 6 heteroatoms. The van der Waals surface area contributed by atoms with Gasteiger partial charge < -0.3 is 0 Å². The number of carbonyl (C=O) groups excluding carboxylic acids is 3. The maximum absolute atomic E-state index is 13.5. The van der Waals surface area contributed by atoms with Crippen molar-refractivity contribution in [3.63, 3.8) is 0 Å². The predicted octanol–water partition coefficient (Wildman–Crippen LogP) is 28.0. The highest BCUT2D eigenvalue weighted by Crippen LogP contribution is 2.48. The molecule has 0 radical (unpaired) electrons. The number of halogens is 3. The highest BCUT2D eigenvalue weighted by molar-refractivity contribution is 9.11. The lowest BCUT2D eigenvalue weighted by molar-refractivity contribution is 0.103. The third-order valence-corrected chi connectivity index (χ3v) is 21.1. The number of hydrogen-bond acceptors (Lipinski definition) is 3. The summed E-state index contributed by atoms with van der Waals surface area (Å²) in [6.07, 6.45) is 0. The lowest BCUT2D eigenvalue weighted by atomic mass is 9.85. The zero-order valence-electron chi connectivity index (χ0n) is 56.7. The summed E-state index contributed by atoms with van der Waals surface area (Å²) in [6, 6.07) is 130. The van der Waals surface area contributed by atoms with Crippen LogP contribution >= 0.6 is 47.8 Å². The third kappa shape index (κ3) is 13.6. The fraction of sp³-hybridized carbons (Fsp3) is 0. The van der Waals surface area contributed by atoms with Crippen LogP contribution in [0.3, 0.4) is 0 Å². The minimum Gasteiger partial charge on any atom is -0.289 e. The van der Waals surface area contributed by atoms with Gasteiger partial charge in [0.2, 0.25) is 0 Å². The first-order valence-electron chi connectivity index (χ1n) is 34.8. The Labute approximate surface area is 634 Å². The molecular formula is C99H63Br3O3. The Bertz CT molecular complexity index is 6200. The molecule has 0 aromatic heterocycles. The molecule has 0 atom stereocenters. The number of carbonyl (C=O) groups is 3. The van der Waals surface area contributed by atoms with Gasteiger partial charge in [-0.15, -0.1) is 0 Å². The molecule has 0 amide bonds.